The second-order valence-electron chi connectivity index (χ2n) is 9.27. The first-order valence-electron chi connectivity index (χ1n) is 12.6. The van der Waals surface area contributed by atoms with Crippen LogP contribution in [0.4, 0.5) is 0 Å². The number of fused-ring (bicyclic) bond motifs is 1. The number of hydrogen-bond acceptors (Lipinski definition) is 7. The van der Waals surface area contributed by atoms with Crippen LogP contribution in [0, 0.1) is 6.92 Å². The van der Waals surface area contributed by atoms with E-state index >= 15 is 0 Å². The molecule has 2 N–H and O–H groups in total. The minimum atomic E-state index is -0.488. The van der Waals surface area contributed by atoms with Gasteiger partial charge < -0.3 is 19.6 Å². The fourth-order valence-corrected chi connectivity index (χ4v) is 5.42. The van der Waals surface area contributed by atoms with Gasteiger partial charge in [-0.15, -0.1) is 0 Å². The van der Waals surface area contributed by atoms with Crippen molar-refractivity contribution < 1.29 is 14.0 Å². The molecule has 0 atom stereocenters. The summed E-state index contributed by atoms with van der Waals surface area (Å²) in [5, 5.41) is 3.01. The Kier molecular flexibility index (Phi) is 7.88. The van der Waals surface area contributed by atoms with Gasteiger partial charge in [0, 0.05) is 37.0 Å². The lowest BCUT2D eigenvalue weighted by molar-refractivity contribution is 0.0703. The number of carbonyl (C=O) groups is 2. The average Bonchev–Trinajstić information content (AvgIpc) is 3.46. The van der Waals surface area contributed by atoms with Gasteiger partial charge in [-0.1, -0.05) is 12.1 Å². The molecule has 5 rings (SSSR count). The van der Waals surface area contributed by atoms with Gasteiger partial charge in [0.25, 0.3) is 17.4 Å². The molecule has 2 amide bonds. The average molecular weight is 532 g/mol. The first kappa shape index (κ1) is 25.7. The summed E-state index contributed by atoms with van der Waals surface area (Å²) in [7, 11) is 0. The van der Waals surface area contributed by atoms with E-state index in [0.29, 0.717) is 49.1 Å². The van der Waals surface area contributed by atoms with E-state index in [9.17, 15) is 14.4 Å². The van der Waals surface area contributed by atoms with Crippen LogP contribution in [0.3, 0.4) is 0 Å². The number of rotatable bonds is 8. The number of piperidine rings is 1. The number of amides is 2. The molecule has 10 heteroatoms. The lowest BCUT2D eigenvalue weighted by Gasteiger charge is -2.32. The van der Waals surface area contributed by atoms with E-state index in [1.54, 1.807) is 35.1 Å². The van der Waals surface area contributed by atoms with Crippen molar-refractivity contribution in [2.24, 2.45) is 0 Å². The van der Waals surface area contributed by atoms with Crippen LogP contribution in [0.15, 0.2) is 64.0 Å². The number of hydrogen-bond donors (Lipinski definition) is 2. The van der Waals surface area contributed by atoms with Gasteiger partial charge in [-0.2, -0.15) is 11.8 Å². The highest BCUT2D eigenvalue weighted by Crippen LogP contribution is 2.30. The zero-order valence-corrected chi connectivity index (χ0v) is 21.9. The molecule has 1 fully saturated rings. The molecule has 4 heterocycles. The number of benzene rings is 1. The molecule has 196 valence electrons. The Balaban J connectivity index is 1.21. The molecule has 0 bridgehead atoms. The summed E-state index contributed by atoms with van der Waals surface area (Å²) in [6.07, 6.45) is 2.95. The van der Waals surface area contributed by atoms with E-state index in [0.717, 1.165) is 28.7 Å². The third-order valence-electron chi connectivity index (χ3n) is 6.64. The van der Waals surface area contributed by atoms with Crippen LogP contribution in [0.1, 0.15) is 56.8 Å². The van der Waals surface area contributed by atoms with Crippen molar-refractivity contribution in [2.75, 3.05) is 25.4 Å². The SMILES string of the molecule is Cc1ccc(C(=O)NCCSCc2ccco2)c(C2CCN(C(=O)c3nc4ccccc4[nH]c3=O)CC2)n1. The summed E-state index contributed by atoms with van der Waals surface area (Å²) >= 11 is 1.69. The number of furan rings is 1. The Morgan fingerprint density at radius 3 is 2.71 bits per heavy atom. The quantitative estimate of drug-likeness (QED) is 0.331. The Morgan fingerprint density at radius 1 is 1.11 bits per heavy atom. The van der Waals surface area contributed by atoms with Crippen molar-refractivity contribution in [2.45, 2.75) is 31.4 Å². The Hall–Kier alpha value is -3.92. The number of likely N-dealkylation sites (tertiary alicyclic amines) is 1. The Labute approximate surface area is 224 Å². The Morgan fingerprint density at radius 2 is 1.92 bits per heavy atom. The van der Waals surface area contributed by atoms with Gasteiger partial charge in [-0.05, 0) is 56.2 Å². The van der Waals surface area contributed by atoms with Crippen LogP contribution in [0.25, 0.3) is 11.0 Å². The Bertz CT molecular complexity index is 1490. The van der Waals surface area contributed by atoms with Crippen LogP contribution in [-0.4, -0.2) is 57.1 Å². The van der Waals surface area contributed by atoms with E-state index in [1.165, 1.54) is 0 Å². The van der Waals surface area contributed by atoms with Crippen molar-refractivity contribution in [3.8, 4) is 0 Å². The van der Waals surface area contributed by atoms with Crippen molar-refractivity contribution in [1.82, 2.24) is 25.2 Å². The molecule has 0 spiro atoms. The maximum absolute atomic E-state index is 13.1. The number of nitrogens with one attached hydrogen (secondary N) is 2. The summed E-state index contributed by atoms with van der Waals surface area (Å²) in [6, 6.07) is 14.6. The zero-order chi connectivity index (χ0) is 26.5. The molecule has 1 aliphatic rings. The normalized spacial score (nSPS) is 14.1. The topological polar surface area (TPSA) is 121 Å². The smallest absolute Gasteiger partial charge is 0.280 e. The first-order valence-corrected chi connectivity index (χ1v) is 13.8. The highest BCUT2D eigenvalue weighted by atomic mass is 32.2. The molecular weight excluding hydrogens is 502 g/mol. The number of aromatic nitrogens is 3. The highest BCUT2D eigenvalue weighted by Gasteiger charge is 2.30. The number of aryl methyl sites for hydroxylation is 1. The van der Waals surface area contributed by atoms with Gasteiger partial charge in [0.05, 0.1) is 34.3 Å². The molecule has 9 nitrogen and oxygen atoms in total. The van der Waals surface area contributed by atoms with Crippen LogP contribution in [0.5, 0.6) is 0 Å². The van der Waals surface area contributed by atoms with E-state index in [-0.39, 0.29) is 23.4 Å². The van der Waals surface area contributed by atoms with Crippen molar-refractivity contribution >= 4 is 34.6 Å². The molecule has 38 heavy (non-hydrogen) atoms. The third kappa shape index (κ3) is 5.80. The van der Waals surface area contributed by atoms with Gasteiger partial charge in [-0.25, -0.2) is 4.98 Å². The van der Waals surface area contributed by atoms with E-state index in [4.69, 9.17) is 9.40 Å². The number of aromatic amines is 1. The molecule has 1 aromatic carbocycles. The predicted octanol–water partition coefficient (Wildman–Crippen LogP) is 3.90. The number of pyridine rings is 1. The van der Waals surface area contributed by atoms with Crippen LogP contribution in [-0.2, 0) is 5.75 Å². The summed E-state index contributed by atoms with van der Waals surface area (Å²) in [5.41, 5.74) is 2.77. The molecule has 0 unspecified atom stereocenters. The number of nitrogens with zero attached hydrogens (tertiary/aromatic N) is 3. The summed E-state index contributed by atoms with van der Waals surface area (Å²) in [4.78, 5) is 52.1. The minimum absolute atomic E-state index is 0.0378. The number of para-hydroxylation sites is 2. The number of carbonyl (C=O) groups excluding carboxylic acids is 2. The first-order chi connectivity index (χ1) is 18.5. The van der Waals surface area contributed by atoms with Crippen molar-refractivity contribution in [3.05, 3.63) is 93.6 Å². The monoisotopic (exact) mass is 531 g/mol. The van der Waals surface area contributed by atoms with E-state index in [2.05, 4.69) is 15.3 Å². The largest absolute Gasteiger partial charge is 0.468 e. The molecule has 0 radical (unpaired) electrons. The lowest BCUT2D eigenvalue weighted by atomic mass is 9.89. The summed E-state index contributed by atoms with van der Waals surface area (Å²) < 4.78 is 5.33. The van der Waals surface area contributed by atoms with Crippen molar-refractivity contribution in [1.29, 1.82) is 0 Å². The van der Waals surface area contributed by atoms with Gasteiger partial charge in [0.2, 0.25) is 0 Å². The summed E-state index contributed by atoms with van der Waals surface area (Å²) in [5.74, 6) is 1.96. The van der Waals surface area contributed by atoms with Gasteiger partial charge >= 0.3 is 0 Å². The fraction of sp³-hybridized carbons (Fsp3) is 0.321. The molecule has 3 aromatic heterocycles. The molecule has 4 aromatic rings. The predicted molar refractivity (Wildman–Crippen MR) is 146 cm³/mol. The van der Waals surface area contributed by atoms with E-state index in [1.807, 2.05) is 43.3 Å². The van der Waals surface area contributed by atoms with Crippen LogP contribution in [0.2, 0.25) is 0 Å². The standard InChI is InChI=1S/C28H29N5O4S/c1-18-8-9-21(26(34)29-12-16-38-17-20-5-4-15-37-20)24(30-18)19-10-13-33(14-11-19)28(36)25-27(35)32-23-7-3-2-6-22(23)31-25/h2-9,15,19H,10-14,16-17H2,1H3,(H,29,34)(H,32,35). The number of H-pyrrole nitrogens is 1. The second-order valence-corrected chi connectivity index (χ2v) is 10.4. The molecule has 0 aliphatic carbocycles. The maximum atomic E-state index is 13.1. The molecule has 1 aliphatic heterocycles. The zero-order valence-electron chi connectivity index (χ0n) is 21.1. The second kappa shape index (κ2) is 11.6. The highest BCUT2D eigenvalue weighted by molar-refractivity contribution is 7.98. The maximum Gasteiger partial charge on any atom is 0.280 e. The van der Waals surface area contributed by atoms with Crippen LogP contribution < -0.4 is 10.9 Å². The van der Waals surface area contributed by atoms with Gasteiger partial charge in [0.1, 0.15) is 5.76 Å². The summed E-state index contributed by atoms with van der Waals surface area (Å²) in [6.45, 7) is 3.36. The lowest BCUT2D eigenvalue weighted by Crippen LogP contribution is -2.41. The molecular formula is C28H29N5O4S. The third-order valence-corrected chi connectivity index (χ3v) is 7.62. The van der Waals surface area contributed by atoms with Crippen LogP contribution >= 0.6 is 11.8 Å². The molecule has 1 saturated heterocycles. The minimum Gasteiger partial charge on any atom is -0.468 e. The fourth-order valence-electron chi connectivity index (χ4n) is 4.66. The van der Waals surface area contributed by atoms with E-state index < -0.39 is 5.56 Å². The van der Waals surface area contributed by atoms with Crippen molar-refractivity contribution in [3.63, 3.8) is 0 Å². The van der Waals surface area contributed by atoms with Gasteiger partial charge in [-0.3, -0.25) is 19.4 Å². The van der Waals surface area contributed by atoms with Gasteiger partial charge in [0.15, 0.2) is 5.69 Å². The number of thioether (sulfide) groups is 1. The molecule has 0 saturated carbocycles.